The van der Waals surface area contributed by atoms with Crippen molar-refractivity contribution < 1.29 is 29.6 Å². The maximum absolute atomic E-state index is 11.3. The van der Waals surface area contributed by atoms with Crippen LogP contribution in [-0.4, -0.2) is 58.5 Å². The van der Waals surface area contributed by atoms with E-state index in [0.717, 1.165) is 0 Å². The minimum absolute atomic E-state index is 0.407. The SMILES string of the molecule is CC(=O)N[C@@H]1[C@@H](Oc2ccc(Cl)cc2)O[C@H](CO)[C@H](O)[C@H]1O. The number of carbonyl (C=O) groups is 1. The summed E-state index contributed by atoms with van der Waals surface area (Å²) in [6, 6.07) is 5.44. The highest BCUT2D eigenvalue weighted by Gasteiger charge is 2.46. The van der Waals surface area contributed by atoms with Crippen molar-refractivity contribution in [1.82, 2.24) is 5.32 Å². The zero-order valence-corrected chi connectivity index (χ0v) is 12.6. The van der Waals surface area contributed by atoms with E-state index in [9.17, 15) is 20.1 Å². The molecule has 0 aromatic heterocycles. The van der Waals surface area contributed by atoms with Gasteiger partial charge < -0.3 is 30.1 Å². The van der Waals surface area contributed by atoms with Gasteiger partial charge in [0.05, 0.1) is 6.61 Å². The fourth-order valence-corrected chi connectivity index (χ4v) is 2.34. The summed E-state index contributed by atoms with van der Waals surface area (Å²) in [7, 11) is 0. The van der Waals surface area contributed by atoms with Crippen LogP contribution in [0.2, 0.25) is 5.02 Å². The molecule has 2 rings (SSSR count). The van der Waals surface area contributed by atoms with Gasteiger partial charge in [-0.3, -0.25) is 4.79 Å². The van der Waals surface area contributed by atoms with E-state index in [1.807, 2.05) is 0 Å². The van der Waals surface area contributed by atoms with Crippen LogP contribution in [0.5, 0.6) is 5.75 Å². The first kappa shape index (κ1) is 17.0. The van der Waals surface area contributed by atoms with Gasteiger partial charge in [-0.2, -0.15) is 0 Å². The number of nitrogens with one attached hydrogen (secondary N) is 1. The predicted octanol–water partition coefficient (Wildman–Crippen LogP) is -0.338. The van der Waals surface area contributed by atoms with Crippen LogP contribution in [0.15, 0.2) is 24.3 Å². The standard InChI is InChI=1S/C14H18ClNO6/c1-7(18)16-11-13(20)12(19)10(6-17)22-14(11)21-9-4-2-8(15)3-5-9/h2-5,10-14,17,19-20H,6H2,1H3,(H,16,18)/t10-,11+,12+,13+,14+/m1/s1. The van der Waals surface area contributed by atoms with Gasteiger partial charge in [0, 0.05) is 11.9 Å². The van der Waals surface area contributed by atoms with Crippen LogP contribution in [0.4, 0.5) is 0 Å². The molecule has 0 aliphatic carbocycles. The molecule has 122 valence electrons. The van der Waals surface area contributed by atoms with Gasteiger partial charge in [0.2, 0.25) is 12.2 Å². The third-order valence-electron chi connectivity index (χ3n) is 3.32. The number of benzene rings is 1. The Kier molecular flexibility index (Phi) is 5.60. The third kappa shape index (κ3) is 3.88. The summed E-state index contributed by atoms with van der Waals surface area (Å²) in [6.45, 7) is 0.780. The van der Waals surface area contributed by atoms with Crippen LogP contribution < -0.4 is 10.1 Å². The summed E-state index contributed by atoms with van der Waals surface area (Å²) < 4.78 is 11.0. The Bertz CT molecular complexity index is 511. The molecule has 0 unspecified atom stereocenters. The number of hydrogen-bond donors (Lipinski definition) is 4. The van der Waals surface area contributed by atoms with Gasteiger partial charge in [0.25, 0.3) is 0 Å². The molecule has 1 aromatic rings. The molecule has 1 aliphatic rings. The van der Waals surface area contributed by atoms with Gasteiger partial charge in [-0.1, -0.05) is 11.6 Å². The Morgan fingerprint density at radius 1 is 1.32 bits per heavy atom. The minimum Gasteiger partial charge on any atom is -0.463 e. The van der Waals surface area contributed by atoms with Crippen molar-refractivity contribution >= 4 is 17.5 Å². The van der Waals surface area contributed by atoms with E-state index in [4.69, 9.17) is 21.1 Å². The Hall–Kier alpha value is -1.38. The third-order valence-corrected chi connectivity index (χ3v) is 3.57. The number of carbonyl (C=O) groups excluding carboxylic acids is 1. The number of ether oxygens (including phenoxy) is 2. The largest absolute Gasteiger partial charge is 0.463 e. The van der Waals surface area contributed by atoms with Gasteiger partial charge in [-0.15, -0.1) is 0 Å². The molecule has 1 saturated heterocycles. The summed E-state index contributed by atoms with van der Waals surface area (Å²) in [5.41, 5.74) is 0. The lowest BCUT2D eigenvalue weighted by atomic mass is 9.97. The van der Waals surface area contributed by atoms with Crippen molar-refractivity contribution in [1.29, 1.82) is 0 Å². The van der Waals surface area contributed by atoms with Crippen molar-refractivity contribution in [3.05, 3.63) is 29.3 Å². The molecule has 1 aliphatic heterocycles. The second-order valence-electron chi connectivity index (χ2n) is 5.00. The monoisotopic (exact) mass is 331 g/mol. The maximum atomic E-state index is 11.3. The molecule has 0 saturated carbocycles. The normalized spacial score (nSPS) is 31.6. The first-order valence-electron chi connectivity index (χ1n) is 6.74. The first-order valence-corrected chi connectivity index (χ1v) is 7.12. The van der Waals surface area contributed by atoms with Crippen molar-refractivity contribution in [2.45, 2.75) is 37.6 Å². The number of amides is 1. The van der Waals surface area contributed by atoms with Crippen LogP contribution in [0.3, 0.4) is 0 Å². The molecule has 22 heavy (non-hydrogen) atoms. The summed E-state index contributed by atoms with van der Waals surface area (Å²) >= 11 is 5.79. The van der Waals surface area contributed by atoms with E-state index < -0.39 is 43.2 Å². The quantitative estimate of drug-likeness (QED) is 0.601. The molecule has 1 aromatic carbocycles. The van der Waals surface area contributed by atoms with Gasteiger partial charge in [-0.25, -0.2) is 0 Å². The number of aliphatic hydroxyl groups is 3. The van der Waals surface area contributed by atoms with Crippen LogP contribution in [0, 0.1) is 0 Å². The topological polar surface area (TPSA) is 108 Å². The molecule has 4 N–H and O–H groups in total. The van der Waals surface area contributed by atoms with Crippen molar-refractivity contribution in [3.63, 3.8) is 0 Å². The van der Waals surface area contributed by atoms with E-state index in [-0.39, 0.29) is 0 Å². The Balaban J connectivity index is 2.18. The van der Waals surface area contributed by atoms with Crippen molar-refractivity contribution in [2.24, 2.45) is 0 Å². The Morgan fingerprint density at radius 3 is 2.50 bits per heavy atom. The number of hydrogen-bond acceptors (Lipinski definition) is 6. The van der Waals surface area contributed by atoms with Crippen LogP contribution in [0.1, 0.15) is 6.92 Å². The van der Waals surface area contributed by atoms with Gasteiger partial charge in [0.15, 0.2) is 0 Å². The highest BCUT2D eigenvalue weighted by Crippen LogP contribution is 2.25. The summed E-state index contributed by atoms with van der Waals surface area (Å²) in [4.78, 5) is 11.3. The highest BCUT2D eigenvalue weighted by atomic mass is 35.5. The maximum Gasteiger partial charge on any atom is 0.223 e. The summed E-state index contributed by atoms with van der Waals surface area (Å²) in [5.74, 6) is -0.00274. The average molecular weight is 332 g/mol. The minimum atomic E-state index is -1.34. The van der Waals surface area contributed by atoms with E-state index in [2.05, 4.69) is 5.32 Å². The highest BCUT2D eigenvalue weighted by molar-refractivity contribution is 6.30. The molecular formula is C14H18ClNO6. The molecule has 7 nitrogen and oxygen atoms in total. The van der Waals surface area contributed by atoms with Crippen molar-refractivity contribution in [3.8, 4) is 5.75 Å². The van der Waals surface area contributed by atoms with Gasteiger partial charge >= 0.3 is 0 Å². The lowest BCUT2D eigenvalue weighted by Crippen LogP contribution is -2.65. The van der Waals surface area contributed by atoms with E-state index in [1.165, 1.54) is 6.92 Å². The van der Waals surface area contributed by atoms with Crippen LogP contribution in [0.25, 0.3) is 0 Å². The summed E-state index contributed by atoms with van der Waals surface area (Å²) in [5, 5.41) is 32.2. The molecule has 0 radical (unpaired) electrons. The first-order chi connectivity index (χ1) is 10.4. The fraction of sp³-hybridized carbons (Fsp3) is 0.500. The average Bonchev–Trinajstić information content (AvgIpc) is 2.48. The number of aliphatic hydroxyl groups excluding tert-OH is 3. The van der Waals surface area contributed by atoms with Crippen LogP contribution in [-0.2, 0) is 9.53 Å². The summed E-state index contributed by atoms with van der Waals surface area (Å²) in [6.07, 6.45) is -4.77. The number of halogens is 1. The fourth-order valence-electron chi connectivity index (χ4n) is 2.22. The number of rotatable bonds is 4. The van der Waals surface area contributed by atoms with E-state index in [0.29, 0.717) is 10.8 Å². The molecule has 5 atom stereocenters. The van der Waals surface area contributed by atoms with E-state index in [1.54, 1.807) is 24.3 Å². The zero-order chi connectivity index (χ0) is 16.3. The Labute approximate surface area is 132 Å². The molecule has 8 heteroatoms. The zero-order valence-electron chi connectivity index (χ0n) is 11.8. The predicted molar refractivity (Wildman–Crippen MR) is 77.4 cm³/mol. The van der Waals surface area contributed by atoms with E-state index >= 15 is 0 Å². The van der Waals surface area contributed by atoms with Crippen LogP contribution >= 0.6 is 11.6 Å². The Morgan fingerprint density at radius 2 is 1.95 bits per heavy atom. The van der Waals surface area contributed by atoms with Gasteiger partial charge in [-0.05, 0) is 24.3 Å². The molecule has 1 fully saturated rings. The van der Waals surface area contributed by atoms with Gasteiger partial charge in [0.1, 0.15) is 30.1 Å². The molecule has 0 bridgehead atoms. The molecule has 1 amide bonds. The molecule has 0 spiro atoms. The lowest BCUT2D eigenvalue weighted by Gasteiger charge is -2.42. The van der Waals surface area contributed by atoms with Crippen molar-refractivity contribution in [2.75, 3.05) is 6.61 Å². The second kappa shape index (κ2) is 7.26. The lowest BCUT2D eigenvalue weighted by molar-refractivity contribution is -0.244. The molecule has 1 heterocycles. The smallest absolute Gasteiger partial charge is 0.223 e. The second-order valence-corrected chi connectivity index (χ2v) is 5.44. The molecular weight excluding hydrogens is 314 g/mol.